The highest BCUT2D eigenvalue weighted by Gasteiger charge is 2.01. The van der Waals surface area contributed by atoms with Crippen LogP contribution in [0.5, 0.6) is 0 Å². The highest BCUT2D eigenvalue weighted by molar-refractivity contribution is 5.45. The van der Waals surface area contributed by atoms with Crippen LogP contribution in [-0.4, -0.2) is 13.1 Å². The zero-order chi connectivity index (χ0) is 9.52. The van der Waals surface area contributed by atoms with E-state index in [-0.39, 0.29) is 6.04 Å². The number of benzene rings is 1. The minimum Gasteiger partial charge on any atom is -0.346 e. The summed E-state index contributed by atoms with van der Waals surface area (Å²) in [6.45, 7) is 2.56. The Kier molecular flexibility index (Phi) is 3.99. The lowest BCUT2D eigenvalue weighted by atomic mass is 10.1. The van der Waals surface area contributed by atoms with Gasteiger partial charge in [0.15, 0.2) is 0 Å². The van der Waals surface area contributed by atoms with Crippen molar-refractivity contribution in [1.29, 1.82) is 0 Å². The van der Waals surface area contributed by atoms with Crippen LogP contribution in [0.1, 0.15) is 18.5 Å². The first-order valence-electron chi connectivity index (χ1n) is 4.30. The third-order valence-electron chi connectivity index (χ3n) is 1.89. The summed E-state index contributed by atoms with van der Waals surface area (Å²) in [5.74, 6) is 0. The van der Waals surface area contributed by atoms with Gasteiger partial charge in [-0.05, 0) is 12.5 Å². The van der Waals surface area contributed by atoms with E-state index in [1.807, 2.05) is 18.2 Å². The molecule has 0 aromatic heterocycles. The molecule has 0 bridgehead atoms. The molecular weight excluding hydrogens is 164 g/mol. The maximum absolute atomic E-state index is 9.97. The number of carbonyl (C=O) groups excluding carboxylic acids is 1. The molecule has 1 aromatic rings. The molecule has 0 aliphatic heterocycles. The van der Waals surface area contributed by atoms with Crippen LogP contribution in [0.4, 0.5) is 0 Å². The van der Waals surface area contributed by atoms with Gasteiger partial charge >= 0.3 is 0 Å². The highest BCUT2D eigenvalue weighted by Crippen LogP contribution is 2.09. The summed E-state index contributed by atoms with van der Waals surface area (Å²) in [6.07, 6.45) is 0.685. The van der Waals surface area contributed by atoms with E-state index in [2.05, 4.69) is 29.7 Å². The Hall–Kier alpha value is -1.35. The number of carbonyl (C=O) groups is 1. The number of hydrogen-bond acceptors (Lipinski definition) is 2. The van der Waals surface area contributed by atoms with E-state index in [0.717, 1.165) is 0 Å². The van der Waals surface area contributed by atoms with Gasteiger partial charge in [0.05, 0.1) is 6.67 Å². The number of amides is 1. The predicted octanol–water partition coefficient (Wildman–Crippen LogP) is 1.04. The van der Waals surface area contributed by atoms with E-state index < -0.39 is 0 Å². The zero-order valence-corrected chi connectivity index (χ0v) is 7.66. The van der Waals surface area contributed by atoms with Crippen LogP contribution in [0.15, 0.2) is 30.3 Å². The van der Waals surface area contributed by atoms with E-state index in [4.69, 9.17) is 0 Å². The van der Waals surface area contributed by atoms with Gasteiger partial charge in [-0.2, -0.15) is 0 Å². The number of rotatable bonds is 5. The van der Waals surface area contributed by atoms with Crippen molar-refractivity contribution in [2.24, 2.45) is 0 Å². The van der Waals surface area contributed by atoms with Crippen LogP contribution in [0.3, 0.4) is 0 Å². The first-order valence-corrected chi connectivity index (χ1v) is 4.30. The van der Waals surface area contributed by atoms with Crippen LogP contribution >= 0.6 is 0 Å². The lowest BCUT2D eigenvalue weighted by Gasteiger charge is -2.13. The second-order valence-corrected chi connectivity index (χ2v) is 2.84. The van der Waals surface area contributed by atoms with Gasteiger partial charge < -0.3 is 5.32 Å². The molecular formula is C10H14N2O. The van der Waals surface area contributed by atoms with Gasteiger partial charge in [-0.15, -0.1) is 0 Å². The molecule has 1 unspecified atom stereocenters. The Morgan fingerprint density at radius 1 is 1.38 bits per heavy atom. The second-order valence-electron chi connectivity index (χ2n) is 2.84. The maximum Gasteiger partial charge on any atom is 0.208 e. The quantitative estimate of drug-likeness (QED) is 0.402. The van der Waals surface area contributed by atoms with E-state index in [9.17, 15) is 4.79 Å². The Labute approximate surface area is 78.2 Å². The summed E-state index contributed by atoms with van der Waals surface area (Å²) >= 11 is 0. The van der Waals surface area contributed by atoms with Gasteiger partial charge in [-0.3, -0.25) is 10.1 Å². The van der Waals surface area contributed by atoms with Gasteiger partial charge in [0.2, 0.25) is 6.41 Å². The van der Waals surface area contributed by atoms with Crippen LogP contribution in [0.25, 0.3) is 0 Å². The maximum atomic E-state index is 9.97. The van der Waals surface area contributed by atoms with Crippen molar-refractivity contribution in [1.82, 2.24) is 10.6 Å². The van der Waals surface area contributed by atoms with E-state index in [0.29, 0.717) is 13.1 Å². The van der Waals surface area contributed by atoms with Crippen molar-refractivity contribution in [3.05, 3.63) is 35.9 Å². The molecule has 1 aromatic carbocycles. The van der Waals surface area contributed by atoms with Crippen molar-refractivity contribution in [3.63, 3.8) is 0 Å². The van der Waals surface area contributed by atoms with E-state index in [1.54, 1.807) is 0 Å². The first kappa shape index (κ1) is 9.74. The molecule has 3 nitrogen and oxygen atoms in total. The topological polar surface area (TPSA) is 41.1 Å². The molecule has 2 N–H and O–H groups in total. The third-order valence-corrected chi connectivity index (χ3v) is 1.89. The summed E-state index contributed by atoms with van der Waals surface area (Å²) in [6, 6.07) is 10.4. The molecule has 1 atom stereocenters. The SMILES string of the molecule is CC(NCNC=O)c1ccccc1. The average molecular weight is 178 g/mol. The molecule has 0 radical (unpaired) electrons. The van der Waals surface area contributed by atoms with Gasteiger partial charge in [-0.25, -0.2) is 0 Å². The van der Waals surface area contributed by atoms with Gasteiger partial charge in [0.1, 0.15) is 0 Å². The Morgan fingerprint density at radius 2 is 2.08 bits per heavy atom. The van der Waals surface area contributed by atoms with Gasteiger partial charge in [-0.1, -0.05) is 30.3 Å². The highest BCUT2D eigenvalue weighted by atomic mass is 16.1. The minimum absolute atomic E-state index is 0.258. The van der Waals surface area contributed by atoms with Crippen LogP contribution in [-0.2, 0) is 4.79 Å². The summed E-state index contributed by atoms with van der Waals surface area (Å²) < 4.78 is 0. The van der Waals surface area contributed by atoms with Crippen LogP contribution in [0, 0.1) is 0 Å². The Bertz CT molecular complexity index is 248. The fourth-order valence-corrected chi connectivity index (χ4v) is 1.11. The fourth-order valence-electron chi connectivity index (χ4n) is 1.11. The molecule has 0 aliphatic rings. The molecule has 0 fully saturated rings. The Morgan fingerprint density at radius 3 is 2.69 bits per heavy atom. The monoisotopic (exact) mass is 178 g/mol. The molecule has 1 rings (SSSR count). The number of nitrogens with one attached hydrogen (secondary N) is 2. The summed E-state index contributed by atoms with van der Waals surface area (Å²) in [7, 11) is 0. The van der Waals surface area contributed by atoms with Crippen LogP contribution < -0.4 is 10.6 Å². The molecule has 1 amide bonds. The smallest absolute Gasteiger partial charge is 0.208 e. The molecule has 13 heavy (non-hydrogen) atoms. The summed E-state index contributed by atoms with van der Waals surface area (Å²) in [5.41, 5.74) is 1.22. The summed E-state index contributed by atoms with van der Waals surface area (Å²) in [5, 5.41) is 5.71. The van der Waals surface area contributed by atoms with Crippen molar-refractivity contribution in [2.45, 2.75) is 13.0 Å². The standard InChI is InChI=1S/C10H14N2O/c1-9(12-7-11-8-13)10-5-3-2-4-6-10/h2-6,8-9,12H,7H2,1H3,(H,11,13). The zero-order valence-electron chi connectivity index (χ0n) is 7.66. The van der Waals surface area contributed by atoms with E-state index >= 15 is 0 Å². The third kappa shape index (κ3) is 3.25. The van der Waals surface area contributed by atoms with Crippen molar-refractivity contribution < 1.29 is 4.79 Å². The van der Waals surface area contributed by atoms with Crippen LogP contribution in [0.2, 0.25) is 0 Å². The van der Waals surface area contributed by atoms with Crippen molar-refractivity contribution >= 4 is 6.41 Å². The molecule has 70 valence electrons. The largest absolute Gasteiger partial charge is 0.346 e. The van der Waals surface area contributed by atoms with Gasteiger partial charge in [0.25, 0.3) is 0 Å². The first-order chi connectivity index (χ1) is 6.34. The molecule has 3 heteroatoms. The normalized spacial score (nSPS) is 12.1. The molecule has 0 aliphatic carbocycles. The Balaban J connectivity index is 2.39. The number of hydrogen-bond donors (Lipinski definition) is 2. The molecule has 0 heterocycles. The van der Waals surface area contributed by atoms with Crippen molar-refractivity contribution in [3.8, 4) is 0 Å². The molecule has 0 spiro atoms. The van der Waals surface area contributed by atoms with Crippen molar-refractivity contribution in [2.75, 3.05) is 6.67 Å². The minimum atomic E-state index is 0.258. The average Bonchev–Trinajstić information content (AvgIpc) is 2.19. The van der Waals surface area contributed by atoms with Gasteiger partial charge in [0, 0.05) is 6.04 Å². The lowest BCUT2D eigenvalue weighted by Crippen LogP contribution is -2.29. The molecule has 0 saturated carbocycles. The van der Waals surface area contributed by atoms with E-state index in [1.165, 1.54) is 5.56 Å². The summed E-state index contributed by atoms with van der Waals surface area (Å²) in [4.78, 5) is 9.97. The fraction of sp³-hybridized carbons (Fsp3) is 0.300. The molecule has 0 saturated heterocycles. The second kappa shape index (κ2) is 5.32. The predicted molar refractivity (Wildman–Crippen MR) is 52.1 cm³/mol. The lowest BCUT2D eigenvalue weighted by molar-refractivity contribution is -0.109.